The number of hydrogen-bond acceptors (Lipinski definition) is 7. The number of amides is 2. The van der Waals surface area contributed by atoms with Crippen LogP contribution < -0.4 is 10.6 Å². The maximum atomic E-state index is 12.9. The zero-order valence-electron chi connectivity index (χ0n) is 18.1. The third-order valence-electron chi connectivity index (χ3n) is 5.69. The van der Waals surface area contributed by atoms with Crippen molar-refractivity contribution < 1.29 is 29.0 Å². The second kappa shape index (κ2) is 13.6. The molecule has 2 amide bonds. The lowest BCUT2D eigenvalue weighted by atomic mass is 10.1. The van der Waals surface area contributed by atoms with Crippen LogP contribution in [0, 0.1) is 0 Å². The molecule has 0 aromatic carbocycles. The number of carbonyl (C=O) groups excluding carboxylic acids is 3. The van der Waals surface area contributed by atoms with Crippen molar-refractivity contribution >= 4 is 17.8 Å². The Morgan fingerprint density at radius 1 is 1.10 bits per heavy atom. The third kappa shape index (κ3) is 8.57. The van der Waals surface area contributed by atoms with Gasteiger partial charge in [-0.15, -0.1) is 0 Å². The lowest BCUT2D eigenvalue weighted by Crippen LogP contribution is -2.55. The summed E-state index contributed by atoms with van der Waals surface area (Å²) in [6.07, 6.45) is 7.33. The van der Waals surface area contributed by atoms with Gasteiger partial charge >= 0.3 is 5.97 Å². The molecule has 3 N–H and O–H groups in total. The highest BCUT2D eigenvalue weighted by molar-refractivity contribution is 5.90. The molecule has 0 spiro atoms. The van der Waals surface area contributed by atoms with E-state index in [1.807, 2.05) is 4.90 Å². The molecule has 2 rings (SSSR count). The molecule has 2 aliphatic rings. The summed E-state index contributed by atoms with van der Waals surface area (Å²) in [6.45, 7) is 2.05. The topological polar surface area (TPSA) is 117 Å². The van der Waals surface area contributed by atoms with E-state index in [1.165, 1.54) is 7.11 Å². The molecule has 2 saturated heterocycles. The van der Waals surface area contributed by atoms with Crippen LogP contribution in [0.3, 0.4) is 0 Å². The molecule has 9 heteroatoms. The maximum Gasteiger partial charge on any atom is 0.330 e. The van der Waals surface area contributed by atoms with Crippen molar-refractivity contribution in [1.82, 2.24) is 15.5 Å². The molecule has 2 aliphatic heterocycles. The van der Waals surface area contributed by atoms with Gasteiger partial charge in [0.2, 0.25) is 11.8 Å². The summed E-state index contributed by atoms with van der Waals surface area (Å²) >= 11 is 0. The number of ether oxygens (including phenoxy) is 2. The highest BCUT2D eigenvalue weighted by atomic mass is 16.5. The Morgan fingerprint density at radius 2 is 1.77 bits per heavy atom. The molecule has 1 unspecified atom stereocenters. The standard InChI is InChI=1S/C21H37N3O6/c1-29-21(28)17-15-30-13-9-5-3-2-4-6-10-18(25)22-16(20(27)23-17)14-19(26)24-11-7-8-12-24/h16-17,19,26H,2-15H2,1H3,(H,22,25)(H,23,27)/t16-,17-,19?/m0/s1. The van der Waals surface area contributed by atoms with Crippen LogP contribution in [0.2, 0.25) is 0 Å². The first kappa shape index (κ1) is 24.6. The Labute approximate surface area is 178 Å². The summed E-state index contributed by atoms with van der Waals surface area (Å²) in [5.41, 5.74) is 0. The Morgan fingerprint density at radius 3 is 2.47 bits per heavy atom. The number of methoxy groups -OCH3 is 1. The molecule has 0 aliphatic carbocycles. The number of nitrogens with zero attached hydrogens (tertiary/aromatic N) is 1. The van der Waals surface area contributed by atoms with Crippen molar-refractivity contribution in [3.05, 3.63) is 0 Å². The number of esters is 1. The van der Waals surface area contributed by atoms with Gasteiger partial charge in [-0.3, -0.25) is 14.5 Å². The van der Waals surface area contributed by atoms with Crippen LogP contribution in [0.5, 0.6) is 0 Å². The molecule has 0 aromatic heterocycles. The van der Waals surface area contributed by atoms with Crippen LogP contribution in [0.15, 0.2) is 0 Å². The van der Waals surface area contributed by atoms with Crippen LogP contribution in [-0.2, 0) is 23.9 Å². The molecule has 0 radical (unpaired) electrons. The van der Waals surface area contributed by atoms with E-state index in [0.717, 1.165) is 64.5 Å². The number of carbonyl (C=O) groups is 3. The highest BCUT2D eigenvalue weighted by Gasteiger charge is 2.31. The predicted molar refractivity (Wildman–Crippen MR) is 110 cm³/mol. The fourth-order valence-corrected chi connectivity index (χ4v) is 3.88. The molecule has 0 saturated carbocycles. The molecule has 3 atom stereocenters. The van der Waals surface area contributed by atoms with Crippen molar-refractivity contribution in [2.45, 2.75) is 82.5 Å². The van der Waals surface area contributed by atoms with Gasteiger partial charge in [0.25, 0.3) is 0 Å². The summed E-state index contributed by atoms with van der Waals surface area (Å²) < 4.78 is 10.4. The minimum Gasteiger partial charge on any atom is -0.467 e. The summed E-state index contributed by atoms with van der Waals surface area (Å²) in [5, 5.41) is 15.9. The van der Waals surface area contributed by atoms with E-state index in [1.54, 1.807) is 0 Å². The van der Waals surface area contributed by atoms with Gasteiger partial charge in [-0.25, -0.2) is 4.79 Å². The molecule has 30 heavy (non-hydrogen) atoms. The fourth-order valence-electron chi connectivity index (χ4n) is 3.88. The quantitative estimate of drug-likeness (QED) is 0.565. The van der Waals surface area contributed by atoms with Crippen LogP contribution in [0.25, 0.3) is 0 Å². The number of likely N-dealkylation sites (tertiary alicyclic amines) is 1. The van der Waals surface area contributed by atoms with E-state index >= 15 is 0 Å². The molecule has 0 aromatic rings. The van der Waals surface area contributed by atoms with Crippen molar-refractivity contribution in [2.24, 2.45) is 0 Å². The van der Waals surface area contributed by atoms with E-state index < -0.39 is 30.2 Å². The number of aliphatic hydroxyl groups excluding tert-OH is 1. The van der Waals surface area contributed by atoms with Crippen molar-refractivity contribution in [1.29, 1.82) is 0 Å². The largest absolute Gasteiger partial charge is 0.467 e. The van der Waals surface area contributed by atoms with Gasteiger partial charge < -0.3 is 25.2 Å². The van der Waals surface area contributed by atoms with Gasteiger partial charge in [0.15, 0.2) is 6.04 Å². The van der Waals surface area contributed by atoms with E-state index in [0.29, 0.717) is 13.0 Å². The van der Waals surface area contributed by atoms with Gasteiger partial charge in [0, 0.05) is 32.5 Å². The first-order valence-electron chi connectivity index (χ1n) is 11.2. The lowest BCUT2D eigenvalue weighted by Gasteiger charge is -2.28. The average molecular weight is 428 g/mol. The number of nitrogens with one attached hydrogen (secondary N) is 2. The third-order valence-corrected chi connectivity index (χ3v) is 5.69. The fraction of sp³-hybridized carbons (Fsp3) is 0.857. The second-order valence-corrected chi connectivity index (χ2v) is 8.11. The van der Waals surface area contributed by atoms with E-state index in [2.05, 4.69) is 10.6 Å². The number of aliphatic hydroxyl groups is 1. The summed E-state index contributed by atoms with van der Waals surface area (Å²) in [5.74, 6) is -1.34. The average Bonchev–Trinajstić information content (AvgIpc) is 3.27. The number of rotatable bonds is 4. The van der Waals surface area contributed by atoms with E-state index in [-0.39, 0.29) is 18.9 Å². The van der Waals surface area contributed by atoms with Gasteiger partial charge in [-0.2, -0.15) is 0 Å². The van der Waals surface area contributed by atoms with Crippen LogP contribution >= 0.6 is 0 Å². The van der Waals surface area contributed by atoms with Crippen LogP contribution in [0.4, 0.5) is 0 Å². The predicted octanol–water partition coefficient (Wildman–Crippen LogP) is 0.694. The molecule has 172 valence electrons. The molecule has 0 bridgehead atoms. The Bertz CT molecular complexity index is 553. The van der Waals surface area contributed by atoms with Crippen LogP contribution in [0.1, 0.15) is 64.2 Å². The van der Waals surface area contributed by atoms with E-state index in [9.17, 15) is 19.5 Å². The molecule has 9 nitrogen and oxygen atoms in total. The van der Waals surface area contributed by atoms with Gasteiger partial charge in [-0.05, 0) is 25.7 Å². The highest BCUT2D eigenvalue weighted by Crippen LogP contribution is 2.15. The first-order valence-corrected chi connectivity index (χ1v) is 11.2. The van der Waals surface area contributed by atoms with Gasteiger partial charge in [0.1, 0.15) is 12.3 Å². The minimum atomic E-state index is -0.960. The summed E-state index contributed by atoms with van der Waals surface area (Å²) in [7, 11) is 1.25. The molecule has 2 heterocycles. The Hall–Kier alpha value is -1.71. The van der Waals surface area contributed by atoms with Gasteiger partial charge in [0.05, 0.1) is 13.7 Å². The Kier molecular flexibility index (Phi) is 11.1. The van der Waals surface area contributed by atoms with Crippen molar-refractivity contribution in [3.63, 3.8) is 0 Å². The summed E-state index contributed by atoms with van der Waals surface area (Å²) in [6, 6.07) is -1.90. The van der Waals surface area contributed by atoms with Crippen LogP contribution in [-0.4, -0.2) is 79.5 Å². The molecular weight excluding hydrogens is 390 g/mol. The molecule has 2 fully saturated rings. The first-order chi connectivity index (χ1) is 14.5. The zero-order valence-corrected chi connectivity index (χ0v) is 18.1. The van der Waals surface area contributed by atoms with Crippen molar-refractivity contribution in [3.8, 4) is 0 Å². The van der Waals surface area contributed by atoms with Crippen molar-refractivity contribution in [2.75, 3.05) is 33.4 Å². The lowest BCUT2D eigenvalue weighted by molar-refractivity contribution is -0.147. The number of hydrogen-bond donors (Lipinski definition) is 3. The Balaban J connectivity index is 2.07. The SMILES string of the molecule is COC(=O)[C@@H]1COCCCCCCCCC(=O)N[C@@H](CC(O)N2CCCC2)C(=O)N1. The maximum absolute atomic E-state index is 12.9. The monoisotopic (exact) mass is 427 g/mol. The van der Waals surface area contributed by atoms with Gasteiger partial charge in [-0.1, -0.05) is 25.7 Å². The second-order valence-electron chi connectivity index (χ2n) is 8.11. The zero-order chi connectivity index (χ0) is 21.8. The summed E-state index contributed by atoms with van der Waals surface area (Å²) in [4.78, 5) is 39.3. The smallest absolute Gasteiger partial charge is 0.330 e. The normalized spacial score (nSPS) is 27.1. The minimum absolute atomic E-state index is 0.00770. The van der Waals surface area contributed by atoms with E-state index in [4.69, 9.17) is 9.47 Å². The molecular formula is C21H37N3O6.